The van der Waals surface area contributed by atoms with E-state index in [-0.39, 0.29) is 5.54 Å². The third-order valence-electron chi connectivity index (χ3n) is 5.24. The van der Waals surface area contributed by atoms with Gasteiger partial charge in [0.05, 0.1) is 0 Å². The zero-order valence-corrected chi connectivity index (χ0v) is 14.1. The van der Waals surface area contributed by atoms with Gasteiger partial charge in [-0.3, -0.25) is 9.69 Å². The summed E-state index contributed by atoms with van der Waals surface area (Å²) in [6.45, 7) is 10.5. The van der Waals surface area contributed by atoms with Crippen LogP contribution < -0.4 is 5.73 Å². The van der Waals surface area contributed by atoms with Crippen molar-refractivity contribution in [1.29, 1.82) is 0 Å². The van der Waals surface area contributed by atoms with Gasteiger partial charge in [0.2, 0.25) is 5.91 Å². The number of nitrogens with two attached hydrogens (primary N) is 1. The molecular formula is C17H33N3O. The number of piperazine rings is 1. The fourth-order valence-electron chi connectivity index (χ4n) is 3.59. The molecule has 4 heteroatoms. The first-order valence-corrected chi connectivity index (χ1v) is 8.64. The number of nitrogens with zero attached hydrogens (tertiary/aromatic N) is 2. The van der Waals surface area contributed by atoms with E-state index >= 15 is 0 Å². The van der Waals surface area contributed by atoms with Crippen LogP contribution in [0.25, 0.3) is 0 Å². The summed E-state index contributed by atoms with van der Waals surface area (Å²) in [6, 6.07) is 0.405. The van der Waals surface area contributed by atoms with Crippen LogP contribution in [0.15, 0.2) is 0 Å². The highest BCUT2D eigenvalue weighted by atomic mass is 16.2. The minimum atomic E-state index is 0.218. The van der Waals surface area contributed by atoms with E-state index in [0.29, 0.717) is 11.9 Å². The van der Waals surface area contributed by atoms with Gasteiger partial charge in [0.25, 0.3) is 0 Å². The van der Waals surface area contributed by atoms with Crippen LogP contribution in [-0.2, 0) is 4.79 Å². The highest BCUT2D eigenvalue weighted by Gasteiger charge is 2.28. The summed E-state index contributed by atoms with van der Waals surface area (Å²) in [5, 5.41) is 0. The number of carbonyl (C=O) groups excluding carboxylic acids is 1. The van der Waals surface area contributed by atoms with Gasteiger partial charge < -0.3 is 10.6 Å². The Morgan fingerprint density at radius 1 is 1.05 bits per heavy atom. The molecule has 4 nitrogen and oxygen atoms in total. The van der Waals surface area contributed by atoms with Crippen molar-refractivity contribution in [2.24, 2.45) is 11.7 Å². The standard InChI is InChI=1S/C17H33N3O/c1-17(2,3)20-12-10-19(11-13-20)16(21)9-6-14-4-7-15(18)8-5-14/h14-15H,4-13,18H2,1-3H3. The van der Waals surface area contributed by atoms with E-state index in [1.165, 1.54) is 12.8 Å². The number of carbonyl (C=O) groups is 1. The molecule has 1 aliphatic heterocycles. The zero-order chi connectivity index (χ0) is 15.5. The average molecular weight is 295 g/mol. The molecule has 0 aromatic rings. The molecule has 2 rings (SSSR count). The highest BCUT2D eigenvalue weighted by molar-refractivity contribution is 5.76. The molecule has 0 aromatic heterocycles. The van der Waals surface area contributed by atoms with Gasteiger partial charge in [-0.05, 0) is 58.8 Å². The van der Waals surface area contributed by atoms with Gasteiger partial charge in [-0.25, -0.2) is 0 Å². The van der Waals surface area contributed by atoms with E-state index < -0.39 is 0 Å². The third kappa shape index (κ3) is 4.96. The summed E-state index contributed by atoms with van der Waals surface area (Å²) in [4.78, 5) is 16.9. The zero-order valence-electron chi connectivity index (χ0n) is 14.1. The van der Waals surface area contributed by atoms with Crippen molar-refractivity contribution in [3.8, 4) is 0 Å². The van der Waals surface area contributed by atoms with Crippen LogP contribution in [0.4, 0.5) is 0 Å². The maximum absolute atomic E-state index is 12.3. The molecule has 2 N–H and O–H groups in total. The Kier molecular flexibility index (Phi) is 5.67. The Morgan fingerprint density at radius 2 is 1.62 bits per heavy atom. The smallest absolute Gasteiger partial charge is 0.222 e. The molecule has 21 heavy (non-hydrogen) atoms. The van der Waals surface area contributed by atoms with Crippen LogP contribution in [0, 0.1) is 5.92 Å². The number of hydrogen-bond acceptors (Lipinski definition) is 3. The number of hydrogen-bond donors (Lipinski definition) is 1. The molecule has 1 amide bonds. The van der Waals surface area contributed by atoms with Crippen LogP contribution in [0.1, 0.15) is 59.3 Å². The molecule has 1 saturated carbocycles. The minimum Gasteiger partial charge on any atom is -0.340 e. The van der Waals surface area contributed by atoms with Crippen LogP contribution in [-0.4, -0.2) is 53.5 Å². The lowest BCUT2D eigenvalue weighted by molar-refractivity contribution is -0.134. The summed E-state index contributed by atoms with van der Waals surface area (Å²) in [6.07, 6.45) is 6.51. The van der Waals surface area contributed by atoms with Gasteiger partial charge in [-0.2, -0.15) is 0 Å². The van der Waals surface area contributed by atoms with Crippen LogP contribution in [0.5, 0.6) is 0 Å². The molecule has 0 unspecified atom stereocenters. The van der Waals surface area contributed by atoms with E-state index in [1.807, 2.05) is 0 Å². The monoisotopic (exact) mass is 295 g/mol. The largest absolute Gasteiger partial charge is 0.340 e. The lowest BCUT2D eigenvalue weighted by Crippen LogP contribution is -2.54. The molecule has 122 valence electrons. The molecule has 2 fully saturated rings. The maximum Gasteiger partial charge on any atom is 0.222 e. The van der Waals surface area contributed by atoms with Crippen LogP contribution >= 0.6 is 0 Å². The molecule has 0 radical (unpaired) electrons. The molecule has 1 aliphatic carbocycles. The minimum absolute atomic E-state index is 0.218. The first-order chi connectivity index (χ1) is 9.86. The second kappa shape index (κ2) is 7.10. The van der Waals surface area contributed by atoms with Crippen molar-refractivity contribution in [2.45, 2.75) is 70.9 Å². The predicted molar refractivity (Wildman–Crippen MR) is 87.1 cm³/mol. The first kappa shape index (κ1) is 16.8. The maximum atomic E-state index is 12.3. The second-order valence-electron chi connectivity index (χ2n) is 7.86. The molecule has 2 aliphatic rings. The van der Waals surface area contributed by atoms with Crippen molar-refractivity contribution in [3.63, 3.8) is 0 Å². The van der Waals surface area contributed by atoms with Gasteiger partial charge in [0.1, 0.15) is 0 Å². The Labute approximate surface area is 130 Å². The Bertz CT molecular complexity index is 334. The summed E-state index contributed by atoms with van der Waals surface area (Å²) in [5.41, 5.74) is 6.16. The lowest BCUT2D eigenvalue weighted by atomic mass is 9.83. The van der Waals surface area contributed by atoms with E-state index in [0.717, 1.165) is 57.8 Å². The van der Waals surface area contributed by atoms with Crippen molar-refractivity contribution >= 4 is 5.91 Å². The van der Waals surface area contributed by atoms with Crippen molar-refractivity contribution in [2.75, 3.05) is 26.2 Å². The molecule has 1 heterocycles. The fraction of sp³-hybridized carbons (Fsp3) is 0.941. The summed E-state index contributed by atoms with van der Waals surface area (Å²) in [5.74, 6) is 1.09. The van der Waals surface area contributed by atoms with Gasteiger partial charge in [0.15, 0.2) is 0 Å². The van der Waals surface area contributed by atoms with Crippen molar-refractivity contribution in [1.82, 2.24) is 9.80 Å². The normalized spacial score (nSPS) is 28.7. The Balaban J connectivity index is 1.68. The van der Waals surface area contributed by atoms with Crippen molar-refractivity contribution in [3.05, 3.63) is 0 Å². The first-order valence-electron chi connectivity index (χ1n) is 8.64. The van der Waals surface area contributed by atoms with E-state index in [4.69, 9.17) is 5.73 Å². The lowest BCUT2D eigenvalue weighted by Gasteiger charge is -2.42. The van der Waals surface area contributed by atoms with E-state index in [9.17, 15) is 4.79 Å². The van der Waals surface area contributed by atoms with Gasteiger partial charge in [-0.1, -0.05) is 0 Å². The summed E-state index contributed by atoms with van der Waals surface area (Å²) in [7, 11) is 0. The second-order valence-corrected chi connectivity index (χ2v) is 7.86. The van der Waals surface area contributed by atoms with Crippen LogP contribution in [0.3, 0.4) is 0 Å². The van der Waals surface area contributed by atoms with Crippen LogP contribution in [0.2, 0.25) is 0 Å². The van der Waals surface area contributed by atoms with Crippen molar-refractivity contribution < 1.29 is 4.79 Å². The fourth-order valence-corrected chi connectivity index (χ4v) is 3.59. The molecule has 1 saturated heterocycles. The topological polar surface area (TPSA) is 49.6 Å². The third-order valence-corrected chi connectivity index (χ3v) is 5.24. The Hall–Kier alpha value is -0.610. The SMILES string of the molecule is CC(C)(C)N1CCN(C(=O)CCC2CCC(N)CC2)CC1. The van der Waals surface area contributed by atoms with Gasteiger partial charge in [-0.15, -0.1) is 0 Å². The summed E-state index contributed by atoms with van der Waals surface area (Å²) < 4.78 is 0. The molecule has 0 aromatic carbocycles. The average Bonchev–Trinajstić information content (AvgIpc) is 2.45. The molecule has 0 atom stereocenters. The molecule has 0 bridgehead atoms. The predicted octanol–water partition coefficient (Wildman–Crippen LogP) is 2.23. The summed E-state index contributed by atoms with van der Waals surface area (Å²) >= 11 is 0. The van der Waals surface area contributed by atoms with Gasteiger partial charge >= 0.3 is 0 Å². The van der Waals surface area contributed by atoms with E-state index in [2.05, 4.69) is 30.6 Å². The van der Waals surface area contributed by atoms with Gasteiger partial charge in [0, 0.05) is 44.2 Å². The molecular weight excluding hydrogens is 262 g/mol. The Morgan fingerprint density at radius 3 is 2.14 bits per heavy atom. The number of rotatable bonds is 3. The quantitative estimate of drug-likeness (QED) is 0.868. The number of amides is 1. The van der Waals surface area contributed by atoms with E-state index in [1.54, 1.807) is 0 Å². The molecule has 0 spiro atoms. The highest BCUT2D eigenvalue weighted by Crippen LogP contribution is 2.27.